The van der Waals surface area contributed by atoms with Crippen LogP contribution in [0.2, 0.25) is 0 Å². The van der Waals surface area contributed by atoms with Crippen LogP contribution in [0, 0.1) is 17.3 Å². The molecule has 1 saturated heterocycles. The summed E-state index contributed by atoms with van der Waals surface area (Å²) < 4.78 is 0. The SMILES string of the molecule is CC(C)(C)C1NCC2CCC21. The van der Waals surface area contributed by atoms with Gasteiger partial charge in [0.2, 0.25) is 0 Å². The van der Waals surface area contributed by atoms with Gasteiger partial charge in [-0.25, -0.2) is 0 Å². The van der Waals surface area contributed by atoms with E-state index in [1.54, 1.807) is 0 Å². The molecule has 1 nitrogen and oxygen atoms in total. The topological polar surface area (TPSA) is 12.0 Å². The molecular formula is C10H19N. The van der Waals surface area contributed by atoms with Crippen LogP contribution in [0.1, 0.15) is 33.6 Å². The molecule has 3 atom stereocenters. The van der Waals surface area contributed by atoms with Crippen molar-refractivity contribution in [3.05, 3.63) is 0 Å². The predicted molar refractivity (Wildman–Crippen MR) is 47.5 cm³/mol. The van der Waals surface area contributed by atoms with E-state index in [-0.39, 0.29) is 0 Å². The summed E-state index contributed by atoms with van der Waals surface area (Å²) in [5.41, 5.74) is 0.472. The Kier molecular flexibility index (Phi) is 1.54. The van der Waals surface area contributed by atoms with Gasteiger partial charge < -0.3 is 5.32 Å². The Morgan fingerprint density at radius 2 is 1.91 bits per heavy atom. The number of nitrogens with one attached hydrogen (secondary N) is 1. The molecule has 2 fully saturated rings. The molecular weight excluding hydrogens is 134 g/mol. The van der Waals surface area contributed by atoms with Gasteiger partial charge in [-0.1, -0.05) is 20.8 Å². The molecule has 0 aromatic rings. The quantitative estimate of drug-likeness (QED) is 0.561. The third-order valence-corrected chi connectivity index (χ3v) is 3.44. The van der Waals surface area contributed by atoms with Crippen molar-refractivity contribution in [3.63, 3.8) is 0 Å². The van der Waals surface area contributed by atoms with Gasteiger partial charge in [0.05, 0.1) is 0 Å². The minimum atomic E-state index is 0.472. The van der Waals surface area contributed by atoms with Crippen LogP contribution in [0.15, 0.2) is 0 Å². The molecule has 1 heterocycles. The summed E-state index contributed by atoms with van der Waals surface area (Å²) >= 11 is 0. The number of hydrogen-bond acceptors (Lipinski definition) is 1. The smallest absolute Gasteiger partial charge is 0.0147 e. The van der Waals surface area contributed by atoms with Crippen LogP contribution in [0.4, 0.5) is 0 Å². The fourth-order valence-corrected chi connectivity index (χ4v) is 2.67. The molecule has 11 heavy (non-hydrogen) atoms. The second kappa shape index (κ2) is 2.22. The van der Waals surface area contributed by atoms with Gasteiger partial charge in [-0.05, 0) is 36.6 Å². The van der Waals surface area contributed by atoms with Crippen molar-refractivity contribution in [2.75, 3.05) is 6.54 Å². The standard InChI is InChI=1S/C10H19N/c1-10(2,3)9-8-5-4-7(8)6-11-9/h7-9,11H,4-6H2,1-3H3. The second-order valence-electron chi connectivity index (χ2n) is 5.25. The molecule has 1 N–H and O–H groups in total. The first-order valence-electron chi connectivity index (χ1n) is 4.82. The molecule has 0 spiro atoms. The second-order valence-corrected chi connectivity index (χ2v) is 5.25. The Hall–Kier alpha value is -0.0400. The van der Waals surface area contributed by atoms with Gasteiger partial charge in [-0.3, -0.25) is 0 Å². The molecule has 2 aliphatic rings. The summed E-state index contributed by atoms with van der Waals surface area (Å²) in [5.74, 6) is 2.04. The zero-order valence-corrected chi connectivity index (χ0v) is 7.85. The zero-order chi connectivity index (χ0) is 8.06. The monoisotopic (exact) mass is 153 g/mol. The Balaban J connectivity index is 2.05. The van der Waals surface area contributed by atoms with Crippen LogP contribution in [-0.4, -0.2) is 12.6 Å². The van der Waals surface area contributed by atoms with E-state index in [4.69, 9.17) is 0 Å². The summed E-state index contributed by atoms with van der Waals surface area (Å²) in [7, 11) is 0. The molecule has 0 aromatic heterocycles. The Morgan fingerprint density at radius 1 is 1.18 bits per heavy atom. The van der Waals surface area contributed by atoms with Crippen molar-refractivity contribution in [2.24, 2.45) is 17.3 Å². The lowest BCUT2D eigenvalue weighted by Gasteiger charge is -2.39. The number of fused-ring (bicyclic) bond motifs is 1. The number of rotatable bonds is 0. The first kappa shape index (κ1) is 7.60. The van der Waals surface area contributed by atoms with Crippen LogP contribution in [0.5, 0.6) is 0 Å². The maximum absolute atomic E-state index is 3.66. The fourth-order valence-electron chi connectivity index (χ4n) is 2.67. The highest BCUT2D eigenvalue weighted by Gasteiger charge is 2.46. The van der Waals surface area contributed by atoms with Crippen LogP contribution in [0.25, 0.3) is 0 Å². The lowest BCUT2D eigenvalue weighted by molar-refractivity contribution is 0.143. The van der Waals surface area contributed by atoms with Gasteiger partial charge in [0, 0.05) is 6.04 Å². The highest BCUT2D eigenvalue weighted by molar-refractivity contribution is 5.01. The zero-order valence-electron chi connectivity index (χ0n) is 7.85. The van der Waals surface area contributed by atoms with Crippen molar-refractivity contribution in [1.82, 2.24) is 5.32 Å². The Bertz CT molecular complexity index is 157. The van der Waals surface area contributed by atoms with E-state index in [0.717, 1.165) is 17.9 Å². The summed E-state index contributed by atoms with van der Waals surface area (Å²) in [6.45, 7) is 8.34. The predicted octanol–water partition coefficient (Wildman–Crippen LogP) is 2.03. The van der Waals surface area contributed by atoms with Crippen LogP contribution in [-0.2, 0) is 0 Å². The van der Waals surface area contributed by atoms with E-state index in [1.165, 1.54) is 19.4 Å². The van der Waals surface area contributed by atoms with Gasteiger partial charge in [0.15, 0.2) is 0 Å². The molecule has 0 radical (unpaired) electrons. The van der Waals surface area contributed by atoms with E-state index < -0.39 is 0 Å². The van der Waals surface area contributed by atoms with Crippen LogP contribution >= 0.6 is 0 Å². The molecule has 0 bridgehead atoms. The largest absolute Gasteiger partial charge is 0.313 e. The van der Waals surface area contributed by atoms with Gasteiger partial charge >= 0.3 is 0 Å². The van der Waals surface area contributed by atoms with Gasteiger partial charge in [-0.15, -0.1) is 0 Å². The minimum Gasteiger partial charge on any atom is -0.313 e. The fraction of sp³-hybridized carbons (Fsp3) is 1.00. The first-order chi connectivity index (χ1) is 5.09. The molecule has 3 unspecified atom stereocenters. The maximum Gasteiger partial charge on any atom is 0.0147 e. The Labute approximate surface area is 69.6 Å². The highest BCUT2D eigenvalue weighted by atomic mass is 15.0. The molecule has 0 aromatic carbocycles. The van der Waals surface area contributed by atoms with E-state index in [9.17, 15) is 0 Å². The Morgan fingerprint density at radius 3 is 2.18 bits per heavy atom. The summed E-state index contributed by atoms with van der Waals surface area (Å²) in [6, 6.07) is 0.793. The van der Waals surface area contributed by atoms with Gasteiger partial charge in [0.1, 0.15) is 0 Å². The third-order valence-electron chi connectivity index (χ3n) is 3.44. The minimum absolute atomic E-state index is 0.472. The van der Waals surface area contributed by atoms with E-state index in [2.05, 4.69) is 26.1 Å². The highest BCUT2D eigenvalue weighted by Crippen LogP contribution is 2.45. The molecule has 1 aliphatic carbocycles. The summed E-state index contributed by atoms with van der Waals surface area (Å²) in [4.78, 5) is 0. The van der Waals surface area contributed by atoms with E-state index in [0.29, 0.717) is 5.41 Å². The van der Waals surface area contributed by atoms with Crippen LogP contribution < -0.4 is 5.32 Å². The molecule has 64 valence electrons. The van der Waals surface area contributed by atoms with Crippen LogP contribution in [0.3, 0.4) is 0 Å². The van der Waals surface area contributed by atoms with Crippen molar-refractivity contribution in [3.8, 4) is 0 Å². The first-order valence-corrected chi connectivity index (χ1v) is 4.82. The van der Waals surface area contributed by atoms with Crippen molar-refractivity contribution < 1.29 is 0 Å². The number of hydrogen-bond donors (Lipinski definition) is 1. The molecule has 1 saturated carbocycles. The lowest BCUT2D eigenvalue weighted by Crippen LogP contribution is -2.41. The summed E-state index contributed by atoms with van der Waals surface area (Å²) in [5, 5.41) is 3.66. The molecule has 0 amide bonds. The third kappa shape index (κ3) is 1.10. The molecule has 1 aliphatic heterocycles. The molecule has 2 rings (SSSR count). The normalized spacial score (nSPS) is 43.4. The van der Waals surface area contributed by atoms with Crippen molar-refractivity contribution >= 4 is 0 Å². The van der Waals surface area contributed by atoms with Crippen molar-refractivity contribution in [1.29, 1.82) is 0 Å². The van der Waals surface area contributed by atoms with Gasteiger partial charge in [0.25, 0.3) is 0 Å². The average Bonchev–Trinajstić information content (AvgIpc) is 2.05. The summed E-state index contributed by atoms with van der Waals surface area (Å²) in [6.07, 6.45) is 2.95. The lowest BCUT2D eigenvalue weighted by atomic mass is 9.67. The molecule has 1 heteroatoms. The van der Waals surface area contributed by atoms with E-state index >= 15 is 0 Å². The average molecular weight is 153 g/mol. The van der Waals surface area contributed by atoms with Gasteiger partial charge in [-0.2, -0.15) is 0 Å². The maximum atomic E-state index is 3.66. The van der Waals surface area contributed by atoms with Crippen molar-refractivity contribution in [2.45, 2.75) is 39.7 Å². The van der Waals surface area contributed by atoms with E-state index in [1.807, 2.05) is 0 Å².